The van der Waals surface area contributed by atoms with Crippen LogP contribution in [-0.4, -0.2) is 211 Å². The molecule has 2 amide bonds. The Morgan fingerprint density at radius 2 is 0.874 bits per heavy atom. The fourth-order valence-corrected chi connectivity index (χ4v) is 12.2. The van der Waals surface area contributed by atoms with Crippen molar-refractivity contribution < 1.29 is 116 Å². The summed E-state index contributed by atoms with van der Waals surface area (Å²) in [6, 6.07) is 49.4. The number of benzene rings is 6. The van der Waals surface area contributed by atoms with E-state index in [1.54, 1.807) is 128 Å². The van der Waals surface area contributed by atoms with Crippen LogP contribution in [0.15, 0.2) is 182 Å². The summed E-state index contributed by atoms with van der Waals surface area (Å²) in [5, 5.41) is 65.7. The van der Waals surface area contributed by atoms with Crippen molar-refractivity contribution >= 4 is 99.3 Å². The SMILES string of the molecule is C[C@@H]1C(OC(=O)c2ccccc2)[C@H](O[C@@H]2C(NC(=O)C(Cl)(Cl)Cl)[C@@H](OCc3ccccc3)OC3COC(c4ccccc4)O[C@H]32)OC(COC(=O)c2ccccc2)[C@@H]1OC(=O)c1ccccc1.O=C(NC1[C@@H](OCc2ccccc2)OC(CO)[C@@H](O)[C@@H]1O[C@@H]1OC(CO)[C@H](O)[C@H](O)C1O)C(Cl)(Cl)Cl. The lowest BCUT2D eigenvalue weighted by Crippen LogP contribution is -2.70. The highest BCUT2D eigenvalue weighted by Gasteiger charge is 2.58. The minimum atomic E-state index is -2.46. The number of aliphatic hydroxyl groups is 6. The number of hydrogen-bond acceptors (Lipinski definition) is 24. The van der Waals surface area contributed by atoms with Gasteiger partial charge in [0.25, 0.3) is 19.4 Å². The standard InChI is InChI=1S/C50H46Cl3NO13.C21H28Cl3NO11/c1-30-39(64-44(56)33-21-11-4-12-22-33)36(28-59-43(55)32-19-9-3-10-20-32)63-48(40(30)65-45(57)34-23-13-5-14-24-34)67-42-38(54-49(58)50(51,52)53)47(60-27-31-17-7-2-8-18-31)62-37-29-61-46(66-41(37)42)35-25-15-6-16-26-35;22-21(23,24)20(32)25-12-17(36-19-16(31)15(30)13(28)10(6-26)35-19)14(29)11(7-27)34-18(12)33-8-9-4-2-1-3-5-9/h2-26,30,36-42,46-48H,27-29H2,1H3,(H,54,58);1-5,10-19,26-31H,6-8H2,(H,25,32)/t30-,36?,37?,38?,39+,40?,41+,42+,46?,47-,48-;10?,11?,12?,13-,14+,15-,16?,17+,18-,19-/m00/s1. The van der Waals surface area contributed by atoms with Crippen molar-refractivity contribution in [1.29, 1.82) is 0 Å². The zero-order valence-electron chi connectivity index (χ0n) is 54.5. The molecule has 21 atom stereocenters. The summed E-state index contributed by atoms with van der Waals surface area (Å²) in [6.07, 6.45) is -24.9. The van der Waals surface area contributed by atoms with E-state index in [2.05, 4.69) is 10.6 Å². The van der Waals surface area contributed by atoms with Gasteiger partial charge < -0.3 is 103 Å². The molecule has 5 saturated heterocycles. The van der Waals surface area contributed by atoms with E-state index in [9.17, 15) is 54.6 Å². The van der Waals surface area contributed by atoms with Gasteiger partial charge in [-0.2, -0.15) is 0 Å². The van der Waals surface area contributed by atoms with Crippen LogP contribution in [0.1, 0.15) is 61.0 Å². The van der Waals surface area contributed by atoms with E-state index in [1.165, 1.54) is 0 Å². The second-order valence-corrected chi connectivity index (χ2v) is 28.8. The van der Waals surface area contributed by atoms with Crippen LogP contribution in [0.4, 0.5) is 0 Å². The molecular formula is C71H74Cl6N2O24. The van der Waals surface area contributed by atoms with Crippen molar-refractivity contribution in [3.05, 3.63) is 215 Å². The van der Waals surface area contributed by atoms with Crippen LogP contribution >= 0.6 is 69.6 Å². The molecule has 5 heterocycles. The number of carbonyl (C=O) groups excluding carboxylic acids is 5. The van der Waals surface area contributed by atoms with Gasteiger partial charge in [0.15, 0.2) is 37.6 Å². The number of rotatable bonds is 22. The Morgan fingerprint density at radius 3 is 1.37 bits per heavy atom. The molecule has 103 heavy (non-hydrogen) atoms. The first-order valence-corrected chi connectivity index (χ1v) is 34.7. The zero-order valence-corrected chi connectivity index (χ0v) is 59.0. The number of fused-ring (bicyclic) bond motifs is 1. The van der Waals surface area contributed by atoms with Gasteiger partial charge in [-0.1, -0.05) is 222 Å². The molecule has 6 aromatic rings. The number of amides is 2. The van der Waals surface area contributed by atoms with Gasteiger partial charge in [-0.05, 0) is 47.5 Å². The smallest absolute Gasteiger partial charge is 0.338 e. The molecule has 0 radical (unpaired) electrons. The molecule has 0 saturated carbocycles. The van der Waals surface area contributed by atoms with Gasteiger partial charge in [-0.25, -0.2) is 14.4 Å². The van der Waals surface area contributed by atoms with Crippen LogP contribution in [0.2, 0.25) is 0 Å². The van der Waals surface area contributed by atoms with E-state index in [0.29, 0.717) is 5.56 Å². The topological polar surface area (TPSA) is 351 Å². The number of nitrogens with one attached hydrogen (secondary N) is 2. The highest BCUT2D eigenvalue weighted by molar-refractivity contribution is 6.76. The number of hydrogen-bond donors (Lipinski definition) is 8. The molecule has 5 fully saturated rings. The molecule has 5 aliphatic heterocycles. The quantitative estimate of drug-likeness (QED) is 0.0211. The minimum absolute atomic E-state index is 0.0156. The zero-order chi connectivity index (χ0) is 73.5. The molecule has 0 spiro atoms. The third kappa shape index (κ3) is 20.7. The molecule has 0 aliphatic carbocycles. The Labute approximate surface area is 620 Å². The average molecular weight is 1550 g/mol. The lowest BCUT2D eigenvalue weighted by atomic mass is 9.89. The Balaban J connectivity index is 0.000000267. The molecule has 9 unspecified atom stereocenters. The van der Waals surface area contributed by atoms with E-state index in [-0.39, 0.29) is 36.5 Å². The first-order chi connectivity index (χ1) is 49.4. The van der Waals surface area contributed by atoms with Crippen molar-refractivity contribution in [2.24, 2.45) is 5.92 Å². The van der Waals surface area contributed by atoms with Gasteiger partial charge >= 0.3 is 17.9 Å². The molecule has 6 aromatic carbocycles. The number of halogens is 6. The lowest BCUT2D eigenvalue weighted by molar-refractivity contribution is -0.376. The lowest BCUT2D eigenvalue weighted by Gasteiger charge is -2.51. The number of esters is 3. The predicted octanol–water partition coefficient (Wildman–Crippen LogP) is 6.27. The van der Waals surface area contributed by atoms with Gasteiger partial charge in [0.05, 0.1) is 49.7 Å². The highest BCUT2D eigenvalue weighted by atomic mass is 35.6. The molecule has 0 bridgehead atoms. The van der Waals surface area contributed by atoms with Crippen LogP contribution in [0.3, 0.4) is 0 Å². The van der Waals surface area contributed by atoms with E-state index in [0.717, 1.165) is 11.1 Å². The fourth-order valence-electron chi connectivity index (χ4n) is 11.8. The van der Waals surface area contributed by atoms with Gasteiger partial charge in [0, 0.05) is 11.5 Å². The van der Waals surface area contributed by atoms with Crippen molar-refractivity contribution in [1.82, 2.24) is 10.6 Å². The summed E-state index contributed by atoms with van der Waals surface area (Å²) in [6.45, 7) is -0.199. The molecule has 0 aromatic heterocycles. The van der Waals surface area contributed by atoms with Crippen LogP contribution < -0.4 is 10.6 Å². The van der Waals surface area contributed by atoms with Gasteiger partial charge in [0.2, 0.25) is 0 Å². The summed E-state index contributed by atoms with van der Waals surface area (Å²) in [5.41, 5.74) is 2.88. The van der Waals surface area contributed by atoms with Gasteiger partial charge in [-0.3, -0.25) is 9.59 Å². The molecule has 554 valence electrons. The van der Waals surface area contributed by atoms with E-state index >= 15 is 0 Å². The summed E-state index contributed by atoms with van der Waals surface area (Å²) < 4.78 is 75.3. The number of ether oxygens (including phenoxy) is 13. The molecule has 8 N–H and O–H groups in total. The number of aliphatic hydroxyl groups excluding tert-OH is 6. The third-order valence-corrected chi connectivity index (χ3v) is 18.2. The Morgan fingerprint density at radius 1 is 0.456 bits per heavy atom. The molecule has 26 nitrogen and oxygen atoms in total. The first-order valence-electron chi connectivity index (χ1n) is 32.4. The molecule has 11 rings (SSSR count). The third-order valence-electron chi connectivity index (χ3n) is 17.2. The Hall–Kier alpha value is -6.23. The molecule has 5 aliphatic rings. The van der Waals surface area contributed by atoms with E-state index < -0.39 is 186 Å². The monoisotopic (exact) mass is 1550 g/mol. The van der Waals surface area contributed by atoms with Crippen molar-refractivity contribution in [3.8, 4) is 0 Å². The minimum Gasteiger partial charge on any atom is -0.459 e. The van der Waals surface area contributed by atoms with Crippen LogP contribution in [0.25, 0.3) is 0 Å². The molecular weight excluding hydrogens is 1480 g/mol. The average Bonchev–Trinajstić information content (AvgIpc) is 0.761. The number of alkyl halides is 6. The fraction of sp³-hybridized carbons (Fsp3) is 0.423. The van der Waals surface area contributed by atoms with Gasteiger partial charge in [0.1, 0.15) is 91.9 Å². The van der Waals surface area contributed by atoms with Crippen molar-refractivity contribution in [3.63, 3.8) is 0 Å². The highest BCUT2D eigenvalue weighted by Crippen LogP contribution is 2.41. The summed E-state index contributed by atoms with van der Waals surface area (Å²) >= 11 is 35.6. The molecule has 32 heteroatoms. The summed E-state index contributed by atoms with van der Waals surface area (Å²) in [4.78, 5) is 67.4. The van der Waals surface area contributed by atoms with Crippen LogP contribution in [0, 0.1) is 5.92 Å². The van der Waals surface area contributed by atoms with Gasteiger partial charge in [-0.15, -0.1) is 0 Å². The predicted molar refractivity (Wildman–Crippen MR) is 367 cm³/mol. The second kappa shape index (κ2) is 36.9. The van der Waals surface area contributed by atoms with E-state index in [1.807, 2.05) is 60.7 Å². The summed E-state index contributed by atoms with van der Waals surface area (Å²) in [5.74, 6) is -5.22. The Bertz CT molecular complexity index is 3680. The maximum Gasteiger partial charge on any atom is 0.338 e. The summed E-state index contributed by atoms with van der Waals surface area (Å²) in [7, 11) is 0. The maximum atomic E-state index is 14.0. The Kier molecular flexibility index (Phi) is 28.4. The second-order valence-electron chi connectivity index (χ2n) is 24.3. The van der Waals surface area contributed by atoms with E-state index in [4.69, 9.17) is 131 Å². The van der Waals surface area contributed by atoms with Crippen LogP contribution in [-0.2, 0) is 84.4 Å². The number of carbonyl (C=O) groups is 5. The van der Waals surface area contributed by atoms with Crippen molar-refractivity contribution in [2.75, 3.05) is 26.4 Å². The maximum absolute atomic E-state index is 14.0. The normalized spacial score (nSPS) is 30.7. The largest absolute Gasteiger partial charge is 0.459 e. The first kappa shape index (κ1) is 79.3. The van der Waals surface area contributed by atoms with Crippen LogP contribution in [0.5, 0.6) is 0 Å². The van der Waals surface area contributed by atoms with Crippen molar-refractivity contribution in [2.45, 2.75) is 151 Å².